The Kier molecular flexibility index (Phi) is 5.67. The highest BCUT2D eigenvalue weighted by Gasteiger charge is 2.18. The Bertz CT molecular complexity index is 356. The molecule has 1 aliphatic heterocycles. The minimum atomic E-state index is 0.453. The van der Waals surface area contributed by atoms with E-state index in [1.165, 1.54) is 17.7 Å². The maximum atomic E-state index is 5.41. The van der Waals surface area contributed by atoms with Gasteiger partial charge in [0.1, 0.15) is 0 Å². The SMILES string of the molecule is CCCNCc1ccc(N2CCC(OC)CC2)cc1. The van der Waals surface area contributed by atoms with Gasteiger partial charge in [-0.2, -0.15) is 0 Å². The molecule has 0 saturated carbocycles. The first-order valence-corrected chi connectivity index (χ1v) is 7.41. The summed E-state index contributed by atoms with van der Waals surface area (Å²) in [5.41, 5.74) is 2.71. The summed E-state index contributed by atoms with van der Waals surface area (Å²) < 4.78 is 5.41. The van der Waals surface area contributed by atoms with Crippen molar-refractivity contribution in [3.05, 3.63) is 29.8 Å². The van der Waals surface area contributed by atoms with Crippen LogP contribution in [0.1, 0.15) is 31.7 Å². The molecule has 1 fully saturated rings. The van der Waals surface area contributed by atoms with E-state index in [1.54, 1.807) is 0 Å². The number of benzene rings is 1. The molecule has 1 N–H and O–H groups in total. The Hall–Kier alpha value is -1.06. The Morgan fingerprint density at radius 2 is 1.89 bits per heavy atom. The number of hydrogen-bond acceptors (Lipinski definition) is 3. The molecule has 0 amide bonds. The molecular formula is C16H26N2O. The summed E-state index contributed by atoms with van der Waals surface area (Å²) in [6.45, 7) is 6.46. The summed E-state index contributed by atoms with van der Waals surface area (Å²) in [7, 11) is 1.82. The van der Waals surface area contributed by atoms with Crippen LogP contribution in [0.4, 0.5) is 5.69 Å². The molecule has 0 aromatic heterocycles. The number of rotatable bonds is 6. The van der Waals surface area contributed by atoms with Gasteiger partial charge in [-0.25, -0.2) is 0 Å². The lowest BCUT2D eigenvalue weighted by Gasteiger charge is -2.33. The third-order valence-corrected chi connectivity index (χ3v) is 3.83. The number of nitrogens with one attached hydrogen (secondary N) is 1. The van der Waals surface area contributed by atoms with Gasteiger partial charge in [0.15, 0.2) is 0 Å². The summed E-state index contributed by atoms with van der Waals surface area (Å²) >= 11 is 0. The number of piperidine rings is 1. The van der Waals surface area contributed by atoms with E-state index in [4.69, 9.17) is 4.74 Å². The predicted octanol–water partition coefficient (Wildman–Crippen LogP) is 2.80. The normalized spacial score (nSPS) is 16.8. The second kappa shape index (κ2) is 7.51. The molecule has 0 atom stereocenters. The van der Waals surface area contributed by atoms with Crippen LogP contribution in [-0.2, 0) is 11.3 Å². The minimum absolute atomic E-state index is 0.453. The van der Waals surface area contributed by atoms with Crippen LogP contribution in [0.3, 0.4) is 0 Å². The van der Waals surface area contributed by atoms with Gasteiger partial charge in [0.25, 0.3) is 0 Å². The topological polar surface area (TPSA) is 24.5 Å². The second-order valence-electron chi connectivity index (χ2n) is 5.27. The fourth-order valence-corrected chi connectivity index (χ4v) is 2.58. The van der Waals surface area contributed by atoms with Crippen LogP contribution in [0, 0.1) is 0 Å². The van der Waals surface area contributed by atoms with E-state index < -0.39 is 0 Å². The maximum Gasteiger partial charge on any atom is 0.0605 e. The summed E-state index contributed by atoms with van der Waals surface area (Å²) in [6, 6.07) is 8.97. The zero-order valence-electron chi connectivity index (χ0n) is 12.2. The van der Waals surface area contributed by atoms with Gasteiger partial charge in [-0.05, 0) is 43.5 Å². The van der Waals surface area contributed by atoms with E-state index in [1.807, 2.05) is 7.11 Å². The van der Waals surface area contributed by atoms with Crippen molar-refractivity contribution in [2.75, 3.05) is 31.6 Å². The maximum absolute atomic E-state index is 5.41. The van der Waals surface area contributed by atoms with Crippen LogP contribution in [0.2, 0.25) is 0 Å². The molecule has 1 heterocycles. The lowest BCUT2D eigenvalue weighted by atomic mass is 10.1. The lowest BCUT2D eigenvalue weighted by Crippen LogP contribution is -2.36. The summed E-state index contributed by atoms with van der Waals surface area (Å²) in [5.74, 6) is 0. The molecule has 1 aromatic carbocycles. The molecule has 3 nitrogen and oxygen atoms in total. The molecular weight excluding hydrogens is 236 g/mol. The van der Waals surface area contributed by atoms with Gasteiger partial charge in [-0.1, -0.05) is 19.1 Å². The summed E-state index contributed by atoms with van der Waals surface area (Å²) in [6.07, 6.45) is 3.91. The molecule has 1 aromatic rings. The molecule has 1 saturated heterocycles. The van der Waals surface area contributed by atoms with Gasteiger partial charge < -0.3 is 15.0 Å². The van der Waals surface area contributed by atoms with E-state index >= 15 is 0 Å². The third kappa shape index (κ3) is 4.22. The molecule has 1 aliphatic rings. The average molecular weight is 262 g/mol. The molecule has 0 bridgehead atoms. The van der Waals surface area contributed by atoms with E-state index in [9.17, 15) is 0 Å². The molecule has 0 aliphatic carbocycles. The van der Waals surface area contributed by atoms with E-state index in [2.05, 4.69) is 41.4 Å². The van der Waals surface area contributed by atoms with Gasteiger partial charge in [0.2, 0.25) is 0 Å². The van der Waals surface area contributed by atoms with Gasteiger partial charge in [-0.3, -0.25) is 0 Å². The van der Waals surface area contributed by atoms with Crippen LogP contribution in [0.25, 0.3) is 0 Å². The lowest BCUT2D eigenvalue weighted by molar-refractivity contribution is 0.0819. The smallest absolute Gasteiger partial charge is 0.0605 e. The van der Waals surface area contributed by atoms with Crippen molar-refractivity contribution in [2.24, 2.45) is 0 Å². The molecule has 2 rings (SSSR count). The molecule has 0 unspecified atom stereocenters. The fourth-order valence-electron chi connectivity index (χ4n) is 2.58. The molecule has 3 heteroatoms. The summed E-state index contributed by atoms with van der Waals surface area (Å²) in [4.78, 5) is 2.46. The highest BCUT2D eigenvalue weighted by molar-refractivity contribution is 5.48. The van der Waals surface area contributed by atoms with E-state index in [0.29, 0.717) is 6.10 Å². The van der Waals surface area contributed by atoms with Gasteiger partial charge in [0, 0.05) is 32.4 Å². The van der Waals surface area contributed by atoms with Crippen LogP contribution in [0.5, 0.6) is 0 Å². The highest BCUT2D eigenvalue weighted by Crippen LogP contribution is 2.21. The van der Waals surface area contributed by atoms with Crippen LogP contribution in [0.15, 0.2) is 24.3 Å². The van der Waals surface area contributed by atoms with Crippen LogP contribution < -0.4 is 10.2 Å². The minimum Gasteiger partial charge on any atom is -0.381 e. The van der Waals surface area contributed by atoms with Crippen molar-refractivity contribution in [3.63, 3.8) is 0 Å². The molecule has 19 heavy (non-hydrogen) atoms. The standard InChI is InChI=1S/C16H26N2O/c1-3-10-17-13-14-4-6-15(7-5-14)18-11-8-16(19-2)9-12-18/h4-7,16-17H,3,8-13H2,1-2H3. The monoisotopic (exact) mass is 262 g/mol. The number of anilines is 1. The first-order valence-electron chi connectivity index (χ1n) is 7.41. The first kappa shape index (κ1) is 14.4. The zero-order valence-corrected chi connectivity index (χ0v) is 12.2. The number of methoxy groups -OCH3 is 1. The Morgan fingerprint density at radius 3 is 2.47 bits per heavy atom. The highest BCUT2D eigenvalue weighted by atomic mass is 16.5. The Balaban J connectivity index is 1.84. The third-order valence-electron chi connectivity index (χ3n) is 3.83. The predicted molar refractivity (Wildman–Crippen MR) is 80.7 cm³/mol. The zero-order chi connectivity index (χ0) is 13.5. The molecule has 106 valence electrons. The van der Waals surface area contributed by atoms with Crippen molar-refractivity contribution in [1.29, 1.82) is 0 Å². The largest absolute Gasteiger partial charge is 0.381 e. The second-order valence-corrected chi connectivity index (χ2v) is 5.27. The van der Waals surface area contributed by atoms with E-state index in [0.717, 1.165) is 39.0 Å². The summed E-state index contributed by atoms with van der Waals surface area (Å²) in [5, 5.41) is 3.43. The van der Waals surface area contributed by atoms with E-state index in [-0.39, 0.29) is 0 Å². The van der Waals surface area contributed by atoms with Gasteiger partial charge >= 0.3 is 0 Å². The van der Waals surface area contributed by atoms with Crippen molar-refractivity contribution >= 4 is 5.69 Å². The quantitative estimate of drug-likeness (QED) is 0.798. The fraction of sp³-hybridized carbons (Fsp3) is 0.625. The molecule has 0 spiro atoms. The Labute approximate surface area is 116 Å². The van der Waals surface area contributed by atoms with Gasteiger partial charge in [0.05, 0.1) is 6.10 Å². The molecule has 0 radical (unpaired) electrons. The average Bonchev–Trinajstić information content (AvgIpc) is 2.48. The van der Waals surface area contributed by atoms with Crippen molar-refractivity contribution in [1.82, 2.24) is 5.32 Å². The van der Waals surface area contributed by atoms with Crippen LogP contribution in [-0.4, -0.2) is 32.8 Å². The van der Waals surface area contributed by atoms with Crippen LogP contribution >= 0.6 is 0 Å². The first-order chi connectivity index (χ1) is 9.33. The number of hydrogen-bond donors (Lipinski definition) is 1. The Morgan fingerprint density at radius 1 is 1.21 bits per heavy atom. The number of nitrogens with zero attached hydrogens (tertiary/aromatic N) is 1. The van der Waals surface area contributed by atoms with Crippen molar-refractivity contribution in [3.8, 4) is 0 Å². The van der Waals surface area contributed by atoms with Crippen molar-refractivity contribution < 1.29 is 4.74 Å². The van der Waals surface area contributed by atoms with Gasteiger partial charge in [-0.15, -0.1) is 0 Å². The number of ether oxygens (including phenoxy) is 1. The van der Waals surface area contributed by atoms with Crippen molar-refractivity contribution in [2.45, 2.75) is 38.8 Å².